The van der Waals surface area contributed by atoms with Gasteiger partial charge in [-0.15, -0.1) is 0 Å². The summed E-state index contributed by atoms with van der Waals surface area (Å²) in [5.41, 5.74) is 1.39. The molecule has 5 nitrogen and oxygen atoms in total. The first-order valence-corrected chi connectivity index (χ1v) is 4.09. The number of phenols is 2. The lowest BCUT2D eigenvalue weighted by Gasteiger charge is -2.13. The Labute approximate surface area is 84.7 Å². The van der Waals surface area contributed by atoms with E-state index in [4.69, 9.17) is 15.4 Å². The van der Waals surface area contributed by atoms with E-state index in [-0.39, 0.29) is 5.56 Å². The van der Waals surface area contributed by atoms with E-state index in [9.17, 15) is 9.18 Å². The van der Waals surface area contributed by atoms with Crippen LogP contribution < -0.4 is 5.48 Å². The fourth-order valence-electron chi connectivity index (χ4n) is 1.17. The lowest BCUT2D eigenvalue weighted by molar-refractivity contribution is -0.121. The van der Waals surface area contributed by atoms with Gasteiger partial charge in [0.05, 0.1) is 0 Å². The molecule has 0 saturated heterocycles. The number of benzene rings is 1. The average molecular weight is 215 g/mol. The molecule has 0 fully saturated rings. The van der Waals surface area contributed by atoms with Gasteiger partial charge in [-0.1, -0.05) is 6.07 Å². The number of phenolic OH excluding ortho intramolecular Hbond substituents is 2. The van der Waals surface area contributed by atoms with Crippen LogP contribution in [-0.4, -0.2) is 21.2 Å². The minimum absolute atomic E-state index is 0.236. The van der Waals surface area contributed by atoms with Gasteiger partial charge in [-0.2, -0.15) is 5.48 Å². The summed E-state index contributed by atoms with van der Waals surface area (Å²) in [7, 11) is 0. The largest absolute Gasteiger partial charge is 0.504 e. The molecule has 0 aliphatic heterocycles. The maximum atomic E-state index is 13.3. The SMILES string of the molecule is CC(=O)C(NO)c1ccc(O)c(O)c1F. The fourth-order valence-corrected chi connectivity index (χ4v) is 1.17. The minimum atomic E-state index is -1.27. The second-order valence-corrected chi connectivity index (χ2v) is 3.01. The highest BCUT2D eigenvalue weighted by molar-refractivity contribution is 5.83. The van der Waals surface area contributed by atoms with Gasteiger partial charge >= 0.3 is 0 Å². The van der Waals surface area contributed by atoms with E-state index in [2.05, 4.69) is 0 Å². The molecule has 0 spiro atoms. The van der Waals surface area contributed by atoms with E-state index in [1.165, 1.54) is 0 Å². The second-order valence-electron chi connectivity index (χ2n) is 3.01. The van der Waals surface area contributed by atoms with E-state index in [0.717, 1.165) is 19.1 Å². The third-order valence-electron chi connectivity index (χ3n) is 1.97. The lowest BCUT2D eigenvalue weighted by Crippen LogP contribution is -2.24. The molecule has 1 unspecified atom stereocenters. The van der Waals surface area contributed by atoms with E-state index >= 15 is 0 Å². The van der Waals surface area contributed by atoms with Crippen molar-refractivity contribution in [2.45, 2.75) is 13.0 Å². The highest BCUT2D eigenvalue weighted by Gasteiger charge is 2.22. The smallest absolute Gasteiger partial charge is 0.194 e. The summed E-state index contributed by atoms with van der Waals surface area (Å²) < 4.78 is 13.3. The summed E-state index contributed by atoms with van der Waals surface area (Å²) >= 11 is 0. The van der Waals surface area contributed by atoms with Crippen LogP contribution in [0.15, 0.2) is 12.1 Å². The number of rotatable bonds is 3. The van der Waals surface area contributed by atoms with Crippen LogP contribution in [0, 0.1) is 5.82 Å². The first-order valence-electron chi connectivity index (χ1n) is 4.09. The molecule has 6 heteroatoms. The summed E-state index contributed by atoms with van der Waals surface area (Å²) in [5.74, 6) is -3.25. The van der Waals surface area contributed by atoms with E-state index < -0.39 is 29.1 Å². The minimum Gasteiger partial charge on any atom is -0.504 e. The molecule has 1 atom stereocenters. The maximum absolute atomic E-state index is 13.3. The fraction of sp³-hybridized carbons (Fsp3) is 0.222. The number of nitrogens with one attached hydrogen (secondary N) is 1. The van der Waals surface area contributed by atoms with Crippen LogP contribution >= 0.6 is 0 Å². The maximum Gasteiger partial charge on any atom is 0.194 e. The van der Waals surface area contributed by atoms with E-state index in [1.807, 2.05) is 0 Å². The molecule has 1 aromatic rings. The van der Waals surface area contributed by atoms with Gasteiger partial charge in [0.15, 0.2) is 23.1 Å². The predicted molar refractivity (Wildman–Crippen MR) is 48.1 cm³/mol. The first kappa shape index (κ1) is 11.4. The molecular formula is C9H10FNO4. The molecule has 0 amide bonds. The molecule has 4 N–H and O–H groups in total. The van der Waals surface area contributed by atoms with Crippen molar-refractivity contribution in [3.63, 3.8) is 0 Å². The summed E-state index contributed by atoms with van der Waals surface area (Å²) in [6.45, 7) is 1.15. The van der Waals surface area contributed by atoms with Crippen LogP contribution in [0.25, 0.3) is 0 Å². The molecule has 0 aliphatic rings. The molecule has 0 aliphatic carbocycles. The second kappa shape index (κ2) is 4.24. The number of ketones is 1. The molecule has 1 aromatic carbocycles. The molecule has 1 rings (SSSR count). The number of hydrogen-bond acceptors (Lipinski definition) is 5. The predicted octanol–water partition coefficient (Wildman–Crippen LogP) is 0.846. The van der Waals surface area contributed by atoms with Crippen molar-refractivity contribution < 1.29 is 24.6 Å². The Morgan fingerprint density at radius 2 is 2.07 bits per heavy atom. The van der Waals surface area contributed by atoms with Gasteiger partial charge in [0.2, 0.25) is 0 Å². The number of carbonyl (C=O) groups is 1. The zero-order chi connectivity index (χ0) is 11.6. The third kappa shape index (κ3) is 2.05. The zero-order valence-corrected chi connectivity index (χ0v) is 7.86. The van der Waals surface area contributed by atoms with Gasteiger partial charge in [-0.05, 0) is 13.0 Å². The van der Waals surface area contributed by atoms with Crippen LogP contribution in [0.3, 0.4) is 0 Å². The van der Waals surface area contributed by atoms with Gasteiger partial charge in [-0.25, -0.2) is 4.39 Å². The Hall–Kier alpha value is -1.66. The van der Waals surface area contributed by atoms with Gasteiger partial charge in [0.1, 0.15) is 6.04 Å². The number of aromatic hydroxyl groups is 2. The number of carbonyl (C=O) groups excluding carboxylic acids is 1. The average Bonchev–Trinajstić information content (AvgIpc) is 2.18. The number of hydrogen-bond donors (Lipinski definition) is 4. The Morgan fingerprint density at radius 3 is 2.53 bits per heavy atom. The Balaban J connectivity index is 3.25. The van der Waals surface area contributed by atoms with Crippen molar-refractivity contribution in [1.29, 1.82) is 0 Å². The van der Waals surface area contributed by atoms with Crippen molar-refractivity contribution in [2.24, 2.45) is 0 Å². The quantitative estimate of drug-likeness (QED) is 0.443. The molecule has 82 valence electrons. The molecule has 0 saturated carbocycles. The highest BCUT2D eigenvalue weighted by atomic mass is 19.1. The molecular weight excluding hydrogens is 205 g/mol. The van der Waals surface area contributed by atoms with E-state index in [1.54, 1.807) is 5.48 Å². The van der Waals surface area contributed by atoms with Crippen molar-refractivity contribution >= 4 is 5.78 Å². The van der Waals surface area contributed by atoms with Crippen LogP contribution in [0.5, 0.6) is 11.5 Å². The van der Waals surface area contributed by atoms with Gasteiger partial charge in [0, 0.05) is 5.56 Å². The van der Waals surface area contributed by atoms with Gasteiger partial charge in [-0.3, -0.25) is 4.79 Å². The highest BCUT2D eigenvalue weighted by Crippen LogP contribution is 2.32. The Morgan fingerprint density at radius 1 is 1.47 bits per heavy atom. The van der Waals surface area contributed by atoms with Crippen molar-refractivity contribution in [3.8, 4) is 11.5 Å². The monoisotopic (exact) mass is 215 g/mol. The number of halogens is 1. The van der Waals surface area contributed by atoms with Crippen molar-refractivity contribution in [2.75, 3.05) is 0 Å². The van der Waals surface area contributed by atoms with Crippen molar-refractivity contribution in [3.05, 3.63) is 23.5 Å². The van der Waals surface area contributed by atoms with Gasteiger partial charge < -0.3 is 15.4 Å². The number of hydroxylamine groups is 1. The summed E-state index contributed by atoms with van der Waals surface area (Å²) in [4.78, 5) is 11.0. The molecule has 0 heterocycles. The van der Waals surface area contributed by atoms with Crippen LogP contribution in [0.4, 0.5) is 4.39 Å². The summed E-state index contributed by atoms with van der Waals surface area (Å²) in [6.07, 6.45) is 0. The molecule has 0 aromatic heterocycles. The van der Waals surface area contributed by atoms with Crippen molar-refractivity contribution in [1.82, 2.24) is 5.48 Å². The van der Waals surface area contributed by atoms with Crippen LogP contribution in [0.1, 0.15) is 18.5 Å². The normalized spacial score (nSPS) is 12.5. The zero-order valence-electron chi connectivity index (χ0n) is 7.86. The third-order valence-corrected chi connectivity index (χ3v) is 1.97. The first-order chi connectivity index (χ1) is 6.99. The van der Waals surface area contributed by atoms with E-state index in [0.29, 0.717) is 0 Å². The van der Waals surface area contributed by atoms with Gasteiger partial charge in [0.25, 0.3) is 0 Å². The lowest BCUT2D eigenvalue weighted by atomic mass is 10.0. The Bertz CT molecular complexity index is 394. The van der Waals surface area contributed by atoms with Crippen LogP contribution in [0.2, 0.25) is 0 Å². The number of Topliss-reactive ketones (excluding diaryl/α,β-unsaturated/α-hetero) is 1. The molecule has 0 radical (unpaired) electrons. The topological polar surface area (TPSA) is 89.8 Å². The summed E-state index contributed by atoms with van der Waals surface area (Å²) in [5, 5.41) is 26.7. The standard InChI is InChI=1S/C9H10FNO4/c1-4(12)8(11-15)5-2-3-6(13)9(14)7(5)10/h2-3,8,11,13-15H,1H3. The molecule has 0 bridgehead atoms. The Kier molecular flexibility index (Phi) is 3.23. The van der Waals surface area contributed by atoms with Crippen LogP contribution in [-0.2, 0) is 4.79 Å². The summed E-state index contributed by atoms with van der Waals surface area (Å²) in [6, 6.07) is 0.859. The molecule has 15 heavy (non-hydrogen) atoms.